The maximum Gasteiger partial charge on any atom is 0.153 e. The highest BCUT2D eigenvalue weighted by atomic mass is 16.1. The zero-order valence-electron chi connectivity index (χ0n) is 9.37. The number of carbonyl (C=O) groups is 1. The number of aromatic nitrogens is 2. The largest absolute Gasteiger partial charge is 0.298 e. The van der Waals surface area contributed by atoms with Gasteiger partial charge in [-0.25, -0.2) is 0 Å². The van der Waals surface area contributed by atoms with Crippen molar-refractivity contribution >= 4 is 6.29 Å². The summed E-state index contributed by atoms with van der Waals surface area (Å²) in [5.41, 5.74) is 2.56. The van der Waals surface area contributed by atoms with Crippen LogP contribution in [0.2, 0.25) is 0 Å². The minimum Gasteiger partial charge on any atom is -0.298 e. The van der Waals surface area contributed by atoms with Crippen molar-refractivity contribution in [3.63, 3.8) is 0 Å². The van der Waals surface area contributed by atoms with Gasteiger partial charge in [-0.1, -0.05) is 13.3 Å². The van der Waals surface area contributed by atoms with Crippen molar-refractivity contribution in [2.75, 3.05) is 0 Å². The van der Waals surface area contributed by atoms with E-state index in [1.807, 2.05) is 18.5 Å². The molecule has 0 saturated carbocycles. The van der Waals surface area contributed by atoms with Crippen molar-refractivity contribution < 1.29 is 4.79 Å². The fraction of sp³-hybridized carbons (Fsp3) is 0.636. The van der Waals surface area contributed by atoms with E-state index < -0.39 is 0 Å². The summed E-state index contributed by atoms with van der Waals surface area (Å²) in [4.78, 5) is 10.8. The second-order valence-corrected chi connectivity index (χ2v) is 3.78. The summed E-state index contributed by atoms with van der Waals surface area (Å²) >= 11 is 0. The highest BCUT2D eigenvalue weighted by Crippen LogP contribution is 2.18. The van der Waals surface area contributed by atoms with Gasteiger partial charge in [-0.3, -0.25) is 9.48 Å². The first-order valence-electron chi connectivity index (χ1n) is 5.12. The molecule has 0 aliphatic rings. The Morgan fingerprint density at radius 2 is 2.14 bits per heavy atom. The summed E-state index contributed by atoms with van der Waals surface area (Å²) in [7, 11) is 0. The Morgan fingerprint density at radius 3 is 2.57 bits per heavy atom. The lowest BCUT2D eigenvalue weighted by Gasteiger charge is -2.12. The van der Waals surface area contributed by atoms with Gasteiger partial charge in [-0.05, 0) is 27.2 Å². The van der Waals surface area contributed by atoms with E-state index >= 15 is 0 Å². The zero-order valence-corrected chi connectivity index (χ0v) is 9.37. The van der Waals surface area contributed by atoms with Crippen LogP contribution in [0.1, 0.15) is 54.5 Å². The van der Waals surface area contributed by atoms with Crippen LogP contribution < -0.4 is 0 Å². The number of nitrogens with zero attached hydrogens (tertiary/aromatic N) is 2. The first-order valence-corrected chi connectivity index (χ1v) is 5.12. The third-order valence-electron chi connectivity index (χ3n) is 2.62. The lowest BCUT2D eigenvalue weighted by molar-refractivity contribution is 0.112. The Bertz CT molecular complexity index is 328. The zero-order chi connectivity index (χ0) is 10.7. The molecule has 0 aliphatic carbocycles. The van der Waals surface area contributed by atoms with Crippen LogP contribution in [0.25, 0.3) is 0 Å². The summed E-state index contributed by atoms with van der Waals surface area (Å²) in [6.45, 7) is 8.13. The molecular weight excluding hydrogens is 176 g/mol. The quantitative estimate of drug-likeness (QED) is 0.691. The van der Waals surface area contributed by atoms with Crippen molar-refractivity contribution in [1.29, 1.82) is 0 Å². The van der Waals surface area contributed by atoms with Crippen LogP contribution in [0.15, 0.2) is 0 Å². The molecule has 14 heavy (non-hydrogen) atoms. The van der Waals surface area contributed by atoms with Gasteiger partial charge in [0.05, 0.1) is 11.3 Å². The molecule has 0 saturated heterocycles. The van der Waals surface area contributed by atoms with Gasteiger partial charge in [0, 0.05) is 11.7 Å². The Kier molecular flexibility index (Phi) is 3.44. The van der Waals surface area contributed by atoms with Gasteiger partial charge in [-0.15, -0.1) is 0 Å². The summed E-state index contributed by atoms with van der Waals surface area (Å²) in [6.07, 6.45) is 3.13. The molecule has 0 N–H and O–H groups in total. The first kappa shape index (κ1) is 11.0. The maximum absolute atomic E-state index is 10.8. The average Bonchev–Trinajstić information content (AvgIpc) is 2.42. The molecule has 1 unspecified atom stereocenters. The second-order valence-electron chi connectivity index (χ2n) is 3.78. The molecule has 0 fully saturated rings. The molecule has 3 heteroatoms. The topological polar surface area (TPSA) is 34.9 Å². The fourth-order valence-corrected chi connectivity index (χ4v) is 1.82. The van der Waals surface area contributed by atoms with E-state index in [1.165, 1.54) is 0 Å². The molecule has 0 bridgehead atoms. The Morgan fingerprint density at radius 1 is 1.50 bits per heavy atom. The van der Waals surface area contributed by atoms with Crippen molar-refractivity contribution in [2.24, 2.45) is 0 Å². The summed E-state index contributed by atoms with van der Waals surface area (Å²) < 4.78 is 1.96. The van der Waals surface area contributed by atoms with E-state index in [4.69, 9.17) is 0 Å². The third-order valence-corrected chi connectivity index (χ3v) is 2.62. The smallest absolute Gasteiger partial charge is 0.153 e. The summed E-state index contributed by atoms with van der Waals surface area (Å²) in [5.74, 6) is 0. The van der Waals surface area contributed by atoms with Crippen LogP contribution in [0.3, 0.4) is 0 Å². The molecule has 0 aromatic carbocycles. The van der Waals surface area contributed by atoms with Crippen LogP contribution in [-0.4, -0.2) is 16.1 Å². The molecule has 0 amide bonds. The standard InChI is InChI=1S/C11H18N2O/c1-5-6-8(2)13-10(4)11(7-14)9(3)12-13/h7-8H,5-6H2,1-4H3. The molecular formula is C11H18N2O. The average molecular weight is 194 g/mol. The normalized spacial score (nSPS) is 12.9. The van der Waals surface area contributed by atoms with Gasteiger partial charge >= 0.3 is 0 Å². The predicted octanol–water partition coefficient (Wildman–Crippen LogP) is 2.67. The molecule has 1 aromatic rings. The second kappa shape index (κ2) is 4.40. The van der Waals surface area contributed by atoms with Crippen molar-refractivity contribution in [1.82, 2.24) is 9.78 Å². The number of aldehydes is 1. The van der Waals surface area contributed by atoms with Crippen molar-refractivity contribution in [3.05, 3.63) is 17.0 Å². The van der Waals surface area contributed by atoms with Gasteiger partial charge in [0.15, 0.2) is 6.29 Å². The molecule has 0 aliphatic heterocycles. The fourth-order valence-electron chi connectivity index (χ4n) is 1.82. The van der Waals surface area contributed by atoms with E-state index in [0.717, 1.165) is 36.1 Å². The maximum atomic E-state index is 10.8. The molecule has 1 aromatic heterocycles. The molecule has 0 spiro atoms. The highest BCUT2D eigenvalue weighted by molar-refractivity contribution is 5.78. The molecule has 3 nitrogen and oxygen atoms in total. The predicted molar refractivity (Wildman–Crippen MR) is 56.7 cm³/mol. The number of hydrogen-bond donors (Lipinski definition) is 0. The van der Waals surface area contributed by atoms with Crippen LogP contribution >= 0.6 is 0 Å². The number of carbonyl (C=O) groups excluding carboxylic acids is 1. The molecule has 1 rings (SSSR count). The number of hydrogen-bond acceptors (Lipinski definition) is 2. The molecule has 1 heterocycles. The van der Waals surface area contributed by atoms with Crippen LogP contribution in [0, 0.1) is 13.8 Å². The summed E-state index contributed by atoms with van der Waals surface area (Å²) in [6, 6.07) is 0.382. The SMILES string of the molecule is CCCC(C)n1nc(C)c(C=O)c1C. The highest BCUT2D eigenvalue weighted by Gasteiger charge is 2.14. The van der Waals surface area contributed by atoms with Crippen LogP contribution in [0.5, 0.6) is 0 Å². The van der Waals surface area contributed by atoms with Gasteiger partial charge in [0.2, 0.25) is 0 Å². The van der Waals surface area contributed by atoms with Gasteiger partial charge in [-0.2, -0.15) is 5.10 Å². The van der Waals surface area contributed by atoms with E-state index in [1.54, 1.807) is 0 Å². The minimum absolute atomic E-state index is 0.382. The molecule has 78 valence electrons. The summed E-state index contributed by atoms with van der Waals surface area (Å²) in [5, 5.41) is 4.38. The molecule has 1 atom stereocenters. The number of aryl methyl sites for hydroxylation is 1. The monoisotopic (exact) mass is 194 g/mol. The Hall–Kier alpha value is -1.12. The van der Waals surface area contributed by atoms with Gasteiger partial charge in [0.25, 0.3) is 0 Å². The Labute approximate surface area is 85.1 Å². The van der Waals surface area contributed by atoms with Gasteiger partial charge < -0.3 is 0 Å². The van der Waals surface area contributed by atoms with E-state index in [0.29, 0.717) is 6.04 Å². The van der Waals surface area contributed by atoms with Crippen molar-refractivity contribution in [3.8, 4) is 0 Å². The molecule has 0 radical (unpaired) electrons. The van der Waals surface area contributed by atoms with Crippen LogP contribution in [0.4, 0.5) is 0 Å². The van der Waals surface area contributed by atoms with E-state index in [2.05, 4.69) is 18.9 Å². The Balaban J connectivity index is 3.04. The first-order chi connectivity index (χ1) is 6.61. The van der Waals surface area contributed by atoms with Crippen LogP contribution in [-0.2, 0) is 0 Å². The lowest BCUT2D eigenvalue weighted by atomic mass is 10.2. The van der Waals surface area contributed by atoms with Crippen molar-refractivity contribution in [2.45, 2.75) is 46.6 Å². The lowest BCUT2D eigenvalue weighted by Crippen LogP contribution is -2.08. The third kappa shape index (κ3) is 1.86. The van der Waals surface area contributed by atoms with E-state index in [9.17, 15) is 4.79 Å². The number of rotatable bonds is 4. The minimum atomic E-state index is 0.382. The van der Waals surface area contributed by atoms with E-state index in [-0.39, 0.29) is 0 Å². The van der Waals surface area contributed by atoms with Gasteiger partial charge in [0.1, 0.15) is 0 Å².